The van der Waals surface area contributed by atoms with Crippen LogP contribution in [0, 0.1) is 0 Å². The molecule has 1 atom stereocenters. The zero-order chi connectivity index (χ0) is 17.0. The molecule has 2 rings (SSSR count). The highest BCUT2D eigenvalue weighted by molar-refractivity contribution is 7.92. The van der Waals surface area contributed by atoms with Gasteiger partial charge in [-0.1, -0.05) is 0 Å². The molecule has 23 heavy (non-hydrogen) atoms. The van der Waals surface area contributed by atoms with Gasteiger partial charge in [0.25, 0.3) is 0 Å². The molecule has 0 radical (unpaired) electrons. The van der Waals surface area contributed by atoms with Gasteiger partial charge in [0.15, 0.2) is 9.84 Å². The Hall–Kier alpha value is -1.73. The van der Waals surface area contributed by atoms with Crippen LogP contribution in [0.3, 0.4) is 0 Å². The molecule has 1 aliphatic carbocycles. The summed E-state index contributed by atoms with van der Waals surface area (Å²) < 4.78 is 44.4. The van der Waals surface area contributed by atoms with Crippen LogP contribution in [0.5, 0.6) is 0 Å². The van der Waals surface area contributed by atoms with E-state index in [1.54, 1.807) is 11.0 Å². The van der Waals surface area contributed by atoms with Gasteiger partial charge in [-0.05, 0) is 43.2 Å². The van der Waals surface area contributed by atoms with Crippen LogP contribution < -0.4 is 4.90 Å². The number of hydrogen-bond acceptors (Lipinski definition) is 5. The molecule has 0 aliphatic heterocycles. The van der Waals surface area contributed by atoms with Gasteiger partial charge in [0, 0.05) is 26.9 Å². The second kappa shape index (κ2) is 7.23. The minimum atomic E-state index is -3.69. The summed E-state index contributed by atoms with van der Waals surface area (Å²) >= 11 is 0. The van der Waals surface area contributed by atoms with Crippen molar-refractivity contribution >= 4 is 15.7 Å². The molecule has 0 amide bonds. The molecule has 0 spiro atoms. The van der Waals surface area contributed by atoms with E-state index in [2.05, 4.69) is 4.98 Å². The number of halogens is 1. The fourth-order valence-corrected chi connectivity index (χ4v) is 3.86. The minimum Gasteiger partial charge on any atom is -0.377 e. The topological polar surface area (TPSA) is 59.5 Å². The van der Waals surface area contributed by atoms with E-state index in [1.165, 1.54) is 18.3 Å². The molecule has 1 heterocycles. The SMILES string of the molecule is CCOCC1=CC(F)=C[C@H](S(=O)(=O)c2ccc(N(C)C)nc2)C1. The third-order valence-corrected chi connectivity index (χ3v) is 5.55. The van der Waals surface area contributed by atoms with Gasteiger partial charge in [0.05, 0.1) is 16.8 Å². The zero-order valence-corrected chi connectivity index (χ0v) is 14.3. The van der Waals surface area contributed by atoms with E-state index in [9.17, 15) is 12.8 Å². The number of nitrogens with zero attached hydrogens (tertiary/aromatic N) is 2. The molecule has 0 unspecified atom stereocenters. The van der Waals surface area contributed by atoms with Crippen LogP contribution in [-0.2, 0) is 14.6 Å². The predicted molar refractivity (Wildman–Crippen MR) is 87.9 cm³/mol. The van der Waals surface area contributed by atoms with Crippen LogP contribution in [0.15, 0.2) is 46.8 Å². The van der Waals surface area contributed by atoms with Crippen molar-refractivity contribution < 1.29 is 17.5 Å². The highest BCUT2D eigenvalue weighted by Crippen LogP contribution is 2.28. The van der Waals surface area contributed by atoms with E-state index < -0.39 is 20.9 Å². The third-order valence-electron chi connectivity index (χ3n) is 3.55. The average Bonchev–Trinajstić information content (AvgIpc) is 2.52. The average molecular weight is 340 g/mol. The number of anilines is 1. The monoisotopic (exact) mass is 340 g/mol. The predicted octanol–water partition coefficient (Wildman–Crippen LogP) is 2.51. The van der Waals surface area contributed by atoms with Crippen LogP contribution in [0.25, 0.3) is 0 Å². The van der Waals surface area contributed by atoms with Crippen LogP contribution in [-0.4, -0.2) is 46.0 Å². The van der Waals surface area contributed by atoms with E-state index >= 15 is 0 Å². The largest absolute Gasteiger partial charge is 0.377 e. The number of pyridine rings is 1. The van der Waals surface area contributed by atoms with Crippen molar-refractivity contribution in [3.63, 3.8) is 0 Å². The fraction of sp³-hybridized carbons (Fsp3) is 0.438. The number of sulfone groups is 1. The Labute approximate surface area is 136 Å². The lowest BCUT2D eigenvalue weighted by molar-refractivity contribution is 0.168. The van der Waals surface area contributed by atoms with Gasteiger partial charge in [-0.2, -0.15) is 0 Å². The Morgan fingerprint density at radius 2 is 2.13 bits per heavy atom. The summed E-state index contributed by atoms with van der Waals surface area (Å²) in [6.45, 7) is 2.57. The molecule has 0 saturated heterocycles. The van der Waals surface area contributed by atoms with Crippen molar-refractivity contribution in [2.24, 2.45) is 0 Å². The van der Waals surface area contributed by atoms with Gasteiger partial charge in [0.1, 0.15) is 11.6 Å². The third kappa shape index (κ3) is 4.17. The molecular weight excluding hydrogens is 319 g/mol. The first-order valence-corrected chi connectivity index (χ1v) is 8.91. The lowest BCUT2D eigenvalue weighted by Gasteiger charge is -2.20. The smallest absolute Gasteiger partial charge is 0.186 e. The summed E-state index contributed by atoms with van der Waals surface area (Å²) in [7, 11) is -0.0492. The fourth-order valence-electron chi connectivity index (χ4n) is 2.31. The zero-order valence-electron chi connectivity index (χ0n) is 13.5. The normalized spacial score (nSPS) is 18.3. The van der Waals surface area contributed by atoms with Crippen LogP contribution in [0.1, 0.15) is 13.3 Å². The van der Waals surface area contributed by atoms with Gasteiger partial charge >= 0.3 is 0 Å². The first-order valence-electron chi connectivity index (χ1n) is 7.36. The van der Waals surface area contributed by atoms with Gasteiger partial charge in [-0.15, -0.1) is 0 Å². The van der Waals surface area contributed by atoms with E-state index in [1.807, 2.05) is 21.0 Å². The second-order valence-electron chi connectivity index (χ2n) is 5.53. The van der Waals surface area contributed by atoms with Crippen molar-refractivity contribution in [3.8, 4) is 0 Å². The minimum absolute atomic E-state index is 0.0924. The molecule has 0 bridgehead atoms. The molecule has 1 aliphatic rings. The quantitative estimate of drug-likeness (QED) is 0.796. The molecule has 1 aromatic rings. The van der Waals surface area contributed by atoms with Gasteiger partial charge < -0.3 is 9.64 Å². The van der Waals surface area contributed by atoms with Crippen molar-refractivity contribution in [2.45, 2.75) is 23.5 Å². The summed E-state index contributed by atoms with van der Waals surface area (Å²) in [5.74, 6) is 0.114. The summed E-state index contributed by atoms with van der Waals surface area (Å²) in [5.41, 5.74) is 0.637. The van der Waals surface area contributed by atoms with Gasteiger partial charge in [0.2, 0.25) is 0 Å². The molecule has 0 aromatic carbocycles. The first-order chi connectivity index (χ1) is 10.8. The maximum atomic E-state index is 13.8. The van der Waals surface area contributed by atoms with E-state index in [-0.39, 0.29) is 17.9 Å². The van der Waals surface area contributed by atoms with Crippen molar-refractivity contribution in [3.05, 3.63) is 41.9 Å². The van der Waals surface area contributed by atoms with Gasteiger partial charge in [-0.25, -0.2) is 17.8 Å². The van der Waals surface area contributed by atoms with E-state index in [0.29, 0.717) is 18.0 Å². The Bertz CT molecular complexity index is 709. The maximum absolute atomic E-state index is 13.8. The number of rotatable bonds is 6. The Morgan fingerprint density at radius 1 is 1.39 bits per heavy atom. The summed E-state index contributed by atoms with van der Waals surface area (Å²) in [5, 5.41) is -0.935. The highest BCUT2D eigenvalue weighted by Gasteiger charge is 2.30. The number of ether oxygens (including phenoxy) is 1. The molecular formula is C16H21FN2O3S. The lowest BCUT2D eigenvalue weighted by atomic mass is 10.1. The molecule has 0 fully saturated rings. The van der Waals surface area contributed by atoms with Crippen LogP contribution in [0.4, 0.5) is 10.2 Å². The summed E-state index contributed by atoms with van der Waals surface area (Å²) in [6, 6.07) is 3.14. The van der Waals surface area contributed by atoms with Crippen molar-refractivity contribution in [2.75, 3.05) is 32.2 Å². The Kier molecular flexibility index (Phi) is 5.54. The molecule has 126 valence electrons. The highest BCUT2D eigenvalue weighted by atomic mass is 32.2. The van der Waals surface area contributed by atoms with Crippen LogP contribution in [0.2, 0.25) is 0 Å². The Morgan fingerprint density at radius 3 is 2.70 bits per heavy atom. The lowest BCUT2D eigenvalue weighted by Crippen LogP contribution is -2.24. The standard InChI is InChI=1S/C16H21FN2O3S/c1-4-22-11-12-7-13(17)9-15(8-12)23(20,21)14-5-6-16(18-10-14)19(2)3/h5-7,9-10,15H,4,8,11H2,1-3H3/t15-/m1/s1. The maximum Gasteiger partial charge on any atom is 0.186 e. The van der Waals surface area contributed by atoms with Crippen molar-refractivity contribution in [1.82, 2.24) is 4.98 Å². The summed E-state index contributed by atoms with van der Waals surface area (Å²) in [6.07, 6.45) is 4.03. The van der Waals surface area contributed by atoms with E-state index in [0.717, 1.165) is 6.08 Å². The second-order valence-corrected chi connectivity index (χ2v) is 7.69. The summed E-state index contributed by atoms with van der Waals surface area (Å²) in [4.78, 5) is 5.99. The molecule has 5 nitrogen and oxygen atoms in total. The Balaban J connectivity index is 2.24. The van der Waals surface area contributed by atoms with Gasteiger partial charge in [-0.3, -0.25) is 0 Å². The molecule has 7 heteroatoms. The molecule has 0 N–H and O–H groups in total. The first kappa shape index (κ1) is 17.6. The van der Waals surface area contributed by atoms with Crippen LogP contribution >= 0.6 is 0 Å². The number of hydrogen-bond donors (Lipinski definition) is 0. The molecule has 1 aromatic heterocycles. The van der Waals surface area contributed by atoms with E-state index in [4.69, 9.17) is 4.74 Å². The van der Waals surface area contributed by atoms with Crippen molar-refractivity contribution in [1.29, 1.82) is 0 Å². The molecule has 0 saturated carbocycles. The number of aromatic nitrogens is 1. The number of allylic oxidation sites excluding steroid dienone is 2.